The Morgan fingerprint density at radius 2 is 2.00 bits per heavy atom. The molecule has 2 aromatic carbocycles. The van der Waals surface area contributed by atoms with Crippen LogP contribution in [0, 0.1) is 5.92 Å². The highest BCUT2D eigenvalue weighted by Crippen LogP contribution is 2.47. The second kappa shape index (κ2) is 9.34. The fourth-order valence-electron chi connectivity index (χ4n) is 4.85. The van der Waals surface area contributed by atoms with Gasteiger partial charge in [-0.25, -0.2) is 4.99 Å². The molecule has 0 N–H and O–H groups in total. The molecule has 3 atom stereocenters. The molecule has 0 saturated carbocycles. The Kier molecular flexibility index (Phi) is 6.09. The lowest BCUT2D eigenvalue weighted by Gasteiger charge is -2.44. The lowest BCUT2D eigenvalue weighted by molar-refractivity contribution is -0.158. The molecular formula is C27H20Cl2N2O6S. The number of carbonyl (C=O) groups excluding carboxylic acids is 1. The first kappa shape index (κ1) is 24.8. The van der Waals surface area contributed by atoms with Gasteiger partial charge >= 0.3 is 5.97 Å². The molecule has 4 heterocycles. The molecule has 0 saturated heterocycles. The quantitative estimate of drug-likeness (QED) is 0.331. The Bertz CT molecular complexity index is 1760. The number of rotatable bonds is 5. The SMILES string of the molecule is COC(=O)[C@H]1[C@H]2c3ccccc3O[C@@]1(C)N=c1sc(=Cc3ccc(COc4cccc(Cl)c4Cl)o3)c(=O)n12. The number of esters is 1. The lowest BCUT2D eigenvalue weighted by atomic mass is 9.81. The smallest absolute Gasteiger partial charge is 0.317 e. The van der Waals surface area contributed by atoms with Gasteiger partial charge in [0.1, 0.15) is 40.6 Å². The fourth-order valence-corrected chi connectivity index (χ4v) is 6.28. The van der Waals surface area contributed by atoms with Gasteiger partial charge in [-0.1, -0.05) is 58.8 Å². The highest BCUT2D eigenvalue weighted by molar-refractivity contribution is 7.07. The van der Waals surface area contributed by atoms with Gasteiger partial charge in [-0.05, 0) is 37.3 Å². The predicted molar refractivity (Wildman–Crippen MR) is 142 cm³/mol. The van der Waals surface area contributed by atoms with Gasteiger partial charge in [0.2, 0.25) is 5.72 Å². The van der Waals surface area contributed by atoms with Crippen molar-refractivity contribution in [1.29, 1.82) is 0 Å². The summed E-state index contributed by atoms with van der Waals surface area (Å²) in [5.74, 6) is 0.686. The Balaban J connectivity index is 1.38. The van der Waals surface area contributed by atoms with E-state index in [4.69, 9.17) is 46.8 Å². The van der Waals surface area contributed by atoms with Crippen molar-refractivity contribution in [3.05, 3.63) is 101 Å². The number of halogens is 2. The van der Waals surface area contributed by atoms with Crippen molar-refractivity contribution in [3.63, 3.8) is 0 Å². The molecular weight excluding hydrogens is 551 g/mol. The number of furan rings is 1. The van der Waals surface area contributed by atoms with Crippen molar-refractivity contribution in [2.75, 3.05) is 7.11 Å². The third-order valence-corrected chi connectivity index (χ3v) is 8.36. The van der Waals surface area contributed by atoms with Gasteiger partial charge < -0.3 is 18.6 Å². The molecule has 0 amide bonds. The van der Waals surface area contributed by atoms with Crippen molar-refractivity contribution in [3.8, 4) is 11.5 Å². The number of methoxy groups -OCH3 is 1. The van der Waals surface area contributed by atoms with Crippen LogP contribution in [-0.4, -0.2) is 23.4 Å². The van der Waals surface area contributed by atoms with Crippen LogP contribution in [0.3, 0.4) is 0 Å². The third kappa shape index (κ3) is 4.02. The van der Waals surface area contributed by atoms with Crippen LogP contribution in [0.1, 0.15) is 30.0 Å². The third-order valence-electron chi connectivity index (χ3n) is 6.58. The minimum absolute atomic E-state index is 0.124. The Hall–Kier alpha value is -3.53. The van der Waals surface area contributed by atoms with Gasteiger partial charge in [0.05, 0.1) is 22.7 Å². The van der Waals surface area contributed by atoms with Crippen molar-refractivity contribution in [2.45, 2.75) is 25.3 Å². The lowest BCUT2D eigenvalue weighted by Crippen LogP contribution is -2.58. The zero-order valence-electron chi connectivity index (χ0n) is 20.1. The Morgan fingerprint density at radius 3 is 2.82 bits per heavy atom. The number of thiazole rings is 1. The van der Waals surface area contributed by atoms with Gasteiger partial charge in [-0.3, -0.25) is 14.2 Å². The first-order valence-electron chi connectivity index (χ1n) is 11.6. The van der Waals surface area contributed by atoms with Gasteiger partial charge in [-0.15, -0.1) is 0 Å². The van der Waals surface area contributed by atoms with Crippen molar-refractivity contribution >= 4 is 46.6 Å². The van der Waals surface area contributed by atoms with E-state index in [0.717, 1.165) is 5.56 Å². The monoisotopic (exact) mass is 570 g/mol. The number of ether oxygens (including phenoxy) is 3. The number of benzene rings is 2. The summed E-state index contributed by atoms with van der Waals surface area (Å²) in [4.78, 5) is 31.7. The number of carbonyl (C=O) groups is 1. The number of aromatic nitrogens is 1. The highest BCUT2D eigenvalue weighted by atomic mass is 35.5. The van der Waals surface area contributed by atoms with E-state index in [1.165, 1.54) is 18.4 Å². The van der Waals surface area contributed by atoms with E-state index >= 15 is 0 Å². The number of hydrogen-bond acceptors (Lipinski definition) is 8. The normalized spacial score (nSPS) is 21.6. The average Bonchev–Trinajstić information content (AvgIpc) is 3.47. The molecule has 0 spiro atoms. The fraction of sp³-hybridized carbons (Fsp3) is 0.222. The van der Waals surface area contributed by atoms with Crippen LogP contribution < -0.4 is 24.4 Å². The van der Waals surface area contributed by atoms with E-state index in [-0.39, 0.29) is 12.2 Å². The van der Waals surface area contributed by atoms with Gasteiger partial charge in [0.25, 0.3) is 5.56 Å². The summed E-state index contributed by atoms with van der Waals surface area (Å²) in [6.45, 7) is 1.86. The van der Waals surface area contributed by atoms with Crippen LogP contribution in [0.4, 0.5) is 0 Å². The second-order valence-corrected chi connectivity index (χ2v) is 10.8. The van der Waals surface area contributed by atoms with Crippen LogP contribution >= 0.6 is 34.5 Å². The maximum atomic E-state index is 13.7. The number of fused-ring (bicyclic) bond motifs is 6. The summed E-state index contributed by atoms with van der Waals surface area (Å²) in [6, 6.07) is 15.3. The zero-order valence-corrected chi connectivity index (χ0v) is 22.5. The standard InChI is InChI=1S/C27H20Cl2N2O6S/c1-27-21(25(33)34-2)23(16-6-3-4-8-18(16)37-27)31-24(32)20(38-26(31)30-27)12-14-10-11-15(36-14)13-35-19-9-5-7-17(28)22(19)29/h3-12,21,23H,13H2,1-2H3/t21-,23-,27-/m1/s1. The van der Waals surface area contributed by atoms with Gasteiger partial charge in [0, 0.05) is 11.6 Å². The molecule has 38 heavy (non-hydrogen) atoms. The molecule has 2 aliphatic rings. The summed E-state index contributed by atoms with van der Waals surface area (Å²) < 4.78 is 24.9. The molecule has 0 aliphatic carbocycles. The van der Waals surface area contributed by atoms with Crippen molar-refractivity contribution in [1.82, 2.24) is 4.57 Å². The van der Waals surface area contributed by atoms with E-state index in [1.54, 1.807) is 47.9 Å². The molecule has 6 rings (SSSR count). The highest BCUT2D eigenvalue weighted by Gasteiger charge is 2.55. The molecule has 0 fully saturated rings. The molecule has 2 bridgehead atoms. The summed E-state index contributed by atoms with van der Waals surface area (Å²) in [7, 11) is 1.32. The minimum atomic E-state index is -1.22. The van der Waals surface area contributed by atoms with Gasteiger partial charge in [0.15, 0.2) is 4.80 Å². The average molecular weight is 571 g/mol. The van der Waals surface area contributed by atoms with Crippen LogP contribution in [0.25, 0.3) is 6.08 Å². The molecule has 0 radical (unpaired) electrons. The van der Waals surface area contributed by atoms with E-state index in [9.17, 15) is 9.59 Å². The number of hydrogen-bond donors (Lipinski definition) is 0. The van der Waals surface area contributed by atoms with Crippen LogP contribution in [-0.2, 0) is 16.1 Å². The van der Waals surface area contributed by atoms with Crippen LogP contribution in [0.2, 0.25) is 10.0 Å². The summed E-state index contributed by atoms with van der Waals surface area (Å²) in [6.07, 6.45) is 1.65. The van der Waals surface area contributed by atoms with Crippen molar-refractivity contribution in [2.24, 2.45) is 10.9 Å². The molecule has 194 valence electrons. The molecule has 2 aliphatic heterocycles. The molecule has 0 unspecified atom stereocenters. The molecule has 2 aromatic heterocycles. The summed E-state index contributed by atoms with van der Waals surface area (Å²) in [5.41, 5.74) is -0.788. The summed E-state index contributed by atoms with van der Waals surface area (Å²) in [5, 5.41) is 0.717. The maximum Gasteiger partial charge on any atom is 0.317 e. The van der Waals surface area contributed by atoms with Crippen LogP contribution in [0.15, 0.2) is 68.8 Å². The topological polar surface area (TPSA) is 92.3 Å². The minimum Gasteiger partial charge on any atom is -0.484 e. The van der Waals surface area contributed by atoms with E-state index in [0.29, 0.717) is 42.4 Å². The molecule has 4 aromatic rings. The zero-order chi connectivity index (χ0) is 26.6. The molecule has 8 nitrogen and oxygen atoms in total. The number of nitrogens with zero attached hydrogens (tertiary/aromatic N) is 2. The predicted octanol–water partition coefficient (Wildman–Crippen LogP) is 4.34. The van der Waals surface area contributed by atoms with Gasteiger partial charge in [-0.2, -0.15) is 0 Å². The Labute approximate surface area is 230 Å². The molecule has 11 heteroatoms. The van der Waals surface area contributed by atoms with E-state index in [2.05, 4.69) is 0 Å². The first-order valence-corrected chi connectivity index (χ1v) is 13.2. The summed E-state index contributed by atoms with van der Waals surface area (Å²) >= 11 is 13.4. The number of para-hydroxylation sites is 1. The second-order valence-electron chi connectivity index (χ2n) is 8.97. The van der Waals surface area contributed by atoms with E-state index < -0.39 is 23.7 Å². The maximum absolute atomic E-state index is 13.7. The first-order chi connectivity index (χ1) is 18.3. The van der Waals surface area contributed by atoms with Crippen LogP contribution in [0.5, 0.6) is 11.5 Å². The largest absolute Gasteiger partial charge is 0.484 e. The Morgan fingerprint density at radius 1 is 1.18 bits per heavy atom. The van der Waals surface area contributed by atoms with E-state index in [1.807, 2.05) is 24.3 Å². The van der Waals surface area contributed by atoms with Crippen molar-refractivity contribution < 1.29 is 23.4 Å².